The van der Waals surface area contributed by atoms with Gasteiger partial charge in [-0.1, -0.05) is 18.2 Å². The smallest absolute Gasteiger partial charge is 0.253 e. The molecule has 0 saturated carbocycles. The fraction of sp³-hybridized carbons (Fsp3) is 0.333. The number of carbonyl (C=O) groups excluding carboxylic acids is 1. The Balaban J connectivity index is 1.44. The molecule has 0 unspecified atom stereocenters. The Morgan fingerprint density at radius 1 is 1.11 bits per heavy atom. The van der Waals surface area contributed by atoms with Crippen LogP contribution in [0.2, 0.25) is 0 Å². The number of amides is 1. The molecule has 6 heteroatoms. The fourth-order valence-electron chi connectivity index (χ4n) is 3.14. The van der Waals surface area contributed by atoms with Crippen LogP contribution in [0.25, 0.3) is 0 Å². The van der Waals surface area contributed by atoms with E-state index in [4.69, 9.17) is 17.0 Å². The molecule has 0 atom stereocenters. The largest absolute Gasteiger partial charge is 0.494 e. The third kappa shape index (κ3) is 5.44. The van der Waals surface area contributed by atoms with Crippen molar-refractivity contribution < 1.29 is 9.53 Å². The summed E-state index contributed by atoms with van der Waals surface area (Å²) >= 11 is 5.42. The average molecular weight is 384 g/mol. The van der Waals surface area contributed by atoms with Crippen molar-refractivity contribution in [3.05, 3.63) is 60.2 Å². The van der Waals surface area contributed by atoms with Gasteiger partial charge in [0.25, 0.3) is 5.91 Å². The SMILES string of the molecule is CCOc1ccc(NC(=S)NC2CCN(C(=O)c3ccccc3)CC2)cc1. The highest BCUT2D eigenvalue weighted by Gasteiger charge is 2.23. The van der Waals surface area contributed by atoms with Gasteiger partial charge in [-0.2, -0.15) is 0 Å². The predicted octanol–water partition coefficient (Wildman–Crippen LogP) is 3.68. The van der Waals surface area contributed by atoms with Crippen LogP contribution in [0.5, 0.6) is 5.75 Å². The van der Waals surface area contributed by atoms with E-state index >= 15 is 0 Å². The molecule has 1 saturated heterocycles. The summed E-state index contributed by atoms with van der Waals surface area (Å²) in [5, 5.41) is 7.16. The van der Waals surface area contributed by atoms with Gasteiger partial charge < -0.3 is 20.3 Å². The summed E-state index contributed by atoms with van der Waals surface area (Å²) in [5.74, 6) is 0.946. The number of anilines is 1. The number of thiocarbonyl (C=S) groups is 1. The minimum absolute atomic E-state index is 0.101. The van der Waals surface area contributed by atoms with Gasteiger partial charge in [0.05, 0.1) is 6.61 Å². The molecule has 2 aromatic carbocycles. The molecule has 3 rings (SSSR count). The summed E-state index contributed by atoms with van der Waals surface area (Å²) < 4.78 is 5.44. The van der Waals surface area contributed by atoms with Crippen LogP contribution in [0.4, 0.5) is 5.69 Å². The van der Waals surface area contributed by atoms with Crippen LogP contribution >= 0.6 is 12.2 Å². The maximum absolute atomic E-state index is 12.5. The van der Waals surface area contributed by atoms with Crippen LogP contribution in [-0.2, 0) is 0 Å². The number of nitrogens with one attached hydrogen (secondary N) is 2. The minimum atomic E-state index is 0.101. The number of hydrogen-bond donors (Lipinski definition) is 2. The highest BCUT2D eigenvalue weighted by atomic mass is 32.1. The van der Waals surface area contributed by atoms with E-state index in [0.717, 1.165) is 42.9 Å². The van der Waals surface area contributed by atoms with Crippen molar-refractivity contribution in [1.82, 2.24) is 10.2 Å². The van der Waals surface area contributed by atoms with E-state index in [2.05, 4.69) is 10.6 Å². The third-order valence-corrected chi connectivity index (χ3v) is 4.78. The Labute approximate surface area is 165 Å². The van der Waals surface area contributed by atoms with E-state index in [9.17, 15) is 4.79 Å². The van der Waals surface area contributed by atoms with E-state index in [1.165, 1.54) is 0 Å². The normalized spacial score (nSPS) is 14.5. The Bertz CT molecular complexity index is 757. The predicted molar refractivity (Wildman–Crippen MR) is 112 cm³/mol. The van der Waals surface area contributed by atoms with Crippen molar-refractivity contribution in [1.29, 1.82) is 0 Å². The fourth-order valence-corrected chi connectivity index (χ4v) is 3.43. The van der Waals surface area contributed by atoms with Gasteiger partial charge >= 0.3 is 0 Å². The molecule has 0 aliphatic carbocycles. The summed E-state index contributed by atoms with van der Waals surface area (Å²) in [5.41, 5.74) is 1.67. The summed E-state index contributed by atoms with van der Waals surface area (Å²) in [7, 11) is 0. The van der Waals surface area contributed by atoms with Gasteiger partial charge in [-0.3, -0.25) is 4.79 Å². The van der Waals surface area contributed by atoms with Gasteiger partial charge in [0, 0.05) is 30.4 Å². The third-order valence-electron chi connectivity index (χ3n) is 4.56. The first kappa shape index (κ1) is 19.2. The van der Waals surface area contributed by atoms with E-state index in [0.29, 0.717) is 11.7 Å². The van der Waals surface area contributed by atoms with Gasteiger partial charge in [0.2, 0.25) is 0 Å². The molecule has 1 aliphatic rings. The first-order chi connectivity index (χ1) is 13.2. The highest BCUT2D eigenvalue weighted by Crippen LogP contribution is 2.17. The van der Waals surface area contributed by atoms with Crippen LogP contribution in [-0.4, -0.2) is 41.7 Å². The maximum Gasteiger partial charge on any atom is 0.253 e. The lowest BCUT2D eigenvalue weighted by Gasteiger charge is -2.33. The van der Waals surface area contributed by atoms with Crippen molar-refractivity contribution in [2.24, 2.45) is 0 Å². The van der Waals surface area contributed by atoms with Crippen LogP contribution in [0.15, 0.2) is 54.6 Å². The standard InChI is InChI=1S/C21H25N3O2S/c1-2-26-19-10-8-17(9-11-19)22-21(27)23-18-12-14-24(15-13-18)20(25)16-6-4-3-5-7-16/h3-11,18H,2,12-15H2,1H3,(H2,22,23,27). The van der Waals surface area contributed by atoms with Crippen LogP contribution < -0.4 is 15.4 Å². The Morgan fingerprint density at radius 3 is 2.41 bits per heavy atom. The van der Waals surface area contributed by atoms with Crippen molar-refractivity contribution in [2.45, 2.75) is 25.8 Å². The van der Waals surface area contributed by atoms with Gasteiger partial charge in [-0.05, 0) is 68.4 Å². The molecule has 1 aliphatic heterocycles. The molecule has 0 spiro atoms. The summed E-state index contributed by atoms with van der Waals surface area (Å²) in [6.07, 6.45) is 1.76. The lowest BCUT2D eigenvalue weighted by molar-refractivity contribution is 0.0710. The zero-order valence-electron chi connectivity index (χ0n) is 15.5. The Morgan fingerprint density at radius 2 is 1.78 bits per heavy atom. The monoisotopic (exact) mass is 383 g/mol. The molecule has 1 heterocycles. The van der Waals surface area contributed by atoms with Crippen molar-refractivity contribution in [3.63, 3.8) is 0 Å². The van der Waals surface area contributed by atoms with Gasteiger partial charge in [0.1, 0.15) is 5.75 Å². The van der Waals surface area contributed by atoms with Gasteiger partial charge in [-0.15, -0.1) is 0 Å². The lowest BCUT2D eigenvalue weighted by Crippen LogP contribution is -2.47. The molecular formula is C21H25N3O2S. The Kier molecular flexibility index (Phi) is 6.65. The van der Waals surface area contributed by atoms with Crippen molar-refractivity contribution >= 4 is 28.9 Å². The van der Waals surface area contributed by atoms with Crippen LogP contribution in [0.3, 0.4) is 0 Å². The minimum Gasteiger partial charge on any atom is -0.494 e. The molecular weight excluding hydrogens is 358 g/mol. The van der Waals surface area contributed by atoms with E-state index in [-0.39, 0.29) is 11.9 Å². The summed E-state index contributed by atoms with van der Waals surface area (Å²) in [6.45, 7) is 4.08. The number of likely N-dealkylation sites (tertiary alicyclic amines) is 1. The zero-order valence-corrected chi connectivity index (χ0v) is 16.3. The first-order valence-electron chi connectivity index (χ1n) is 9.30. The van der Waals surface area contributed by atoms with E-state index in [1.54, 1.807) is 0 Å². The second-order valence-electron chi connectivity index (χ2n) is 6.49. The molecule has 1 fully saturated rings. The number of piperidine rings is 1. The Hall–Kier alpha value is -2.60. The molecule has 142 valence electrons. The molecule has 1 amide bonds. The van der Waals surface area contributed by atoms with Crippen molar-refractivity contribution in [2.75, 3.05) is 25.0 Å². The number of ether oxygens (including phenoxy) is 1. The lowest BCUT2D eigenvalue weighted by atomic mass is 10.0. The second-order valence-corrected chi connectivity index (χ2v) is 6.90. The van der Waals surface area contributed by atoms with Gasteiger partial charge in [-0.25, -0.2) is 0 Å². The number of hydrogen-bond acceptors (Lipinski definition) is 3. The molecule has 2 aromatic rings. The topological polar surface area (TPSA) is 53.6 Å². The van der Waals surface area contributed by atoms with Crippen LogP contribution in [0.1, 0.15) is 30.1 Å². The number of rotatable bonds is 5. The summed E-state index contributed by atoms with van der Waals surface area (Å²) in [6, 6.07) is 17.4. The summed E-state index contributed by atoms with van der Waals surface area (Å²) in [4.78, 5) is 14.4. The molecule has 0 aromatic heterocycles. The van der Waals surface area contributed by atoms with E-state index < -0.39 is 0 Å². The van der Waals surface area contributed by atoms with Crippen molar-refractivity contribution in [3.8, 4) is 5.75 Å². The molecule has 27 heavy (non-hydrogen) atoms. The molecule has 2 N–H and O–H groups in total. The van der Waals surface area contributed by atoms with Crippen LogP contribution in [0, 0.1) is 0 Å². The average Bonchev–Trinajstić information content (AvgIpc) is 2.70. The van der Waals surface area contributed by atoms with Gasteiger partial charge in [0.15, 0.2) is 5.11 Å². The first-order valence-corrected chi connectivity index (χ1v) is 9.71. The maximum atomic E-state index is 12.5. The second kappa shape index (κ2) is 9.37. The zero-order chi connectivity index (χ0) is 19.1. The number of carbonyl (C=O) groups is 1. The molecule has 5 nitrogen and oxygen atoms in total. The quantitative estimate of drug-likeness (QED) is 0.772. The number of nitrogens with zero attached hydrogens (tertiary/aromatic N) is 1. The van der Waals surface area contributed by atoms with E-state index in [1.807, 2.05) is 66.4 Å². The highest BCUT2D eigenvalue weighted by molar-refractivity contribution is 7.80. The number of benzene rings is 2. The molecule has 0 bridgehead atoms. The molecule has 0 radical (unpaired) electrons.